The van der Waals surface area contributed by atoms with Crippen LogP contribution >= 0.6 is 23.4 Å². The highest BCUT2D eigenvalue weighted by Gasteiger charge is 2.19. The molecular weight excluding hydrogens is 258 g/mol. The molecule has 4 nitrogen and oxygen atoms in total. The van der Waals surface area contributed by atoms with Gasteiger partial charge in [-0.3, -0.25) is 15.5 Å². The topological polar surface area (TPSA) is 53.5 Å². The summed E-state index contributed by atoms with van der Waals surface area (Å²) in [6.45, 7) is 2.06. The molecular formula is C11H12ClN3OS. The van der Waals surface area contributed by atoms with E-state index in [1.54, 1.807) is 24.3 Å². The molecule has 1 amide bonds. The molecule has 1 aliphatic rings. The van der Waals surface area contributed by atoms with Crippen molar-refractivity contribution in [2.75, 3.05) is 0 Å². The van der Waals surface area contributed by atoms with E-state index in [-0.39, 0.29) is 11.3 Å². The molecule has 0 aliphatic carbocycles. The normalized spacial score (nSPS) is 18.5. The predicted octanol–water partition coefficient (Wildman–Crippen LogP) is 2.41. The standard InChI is InChI=1S/C11H12ClN3OS/c1-2-9-14-15-11(17-9)13-10(16)7-4-3-5-8(12)6-7/h3-6,9,14H,2H2,1H3,(H,13,15,16). The van der Waals surface area contributed by atoms with Gasteiger partial charge in [-0.25, -0.2) is 0 Å². The molecule has 0 radical (unpaired) electrons. The van der Waals surface area contributed by atoms with Crippen molar-refractivity contribution in [2.24, 2.45) is 5.10 Å². The molecule has 1 unspecified atom stereocenters. The number of amides is 1. The average molecular weight is 270 g/mol. The maximum Gasteiger partial charge on any atom is 0.257 e. The van der Waals surface area contributed by atoms with E-state index in [4.69, 9.17) is 11.6 Å². The molecule has 0 bridgehead atoms. The van der Waals surface area contributed by atoms with Gasteiger partial charge in [-0.05, 0) is 24.6 Å². The third kappa shape index (κ3) is 3.14. The summed E-state index contributed by atoms with van der Waals surface area (Å²) in [6, 6.07) is 6.82. The van der Waals surface area contributed by atoms with Crippen molar-refractivity contribution in [3.05, 3.63) is 34.9 Å². The third-order valence-corrected chi connectivity index (χ3v) is 3.62. The van der Waals surface area contributed by atoms with Gasteiger partial charge in [0.15, 0.2) is 5.17 Å². The second kappa shape index (κ2) is 5.42. The highest BCUT2D eigenvalue weighted by atomic mass is 35.5. The fourth-order valence-corrected chi connectivity index (χ4v) is 2.34. The number of amidine groups is 1. The lowest BCUT2D eigenvalue weighted by molar-refractivity contribution is 0.0978. The Hall–Kier alpha value is -1.20. The van der Waals surface area contributed by atoms with Gasteiger partial charge < -0.3 is 0 Å². The number of carbonyl (C=O) groups excluding carboxylic acids is 1. The Balaban J connectivity index is 1.99. The van der Waals surface area contributed by atoms with Crippen LogP contribution in [0, 0.1) is 0 Å². The van der Waals surface area contributed by atoms with Crippen LogP contribution in [-0.4, -0.2) is 16.4 Å². The minimum atomic E-state index is -0.197. The van der Waals surface area contributed by atoms with Crippen LogP contribution in [0.2, 0.25) is 5.02 Å². The lowest BCUT2D eigenvalue weighted by Gasteiger charge is -2.05. The molecule has 0 spiro atoms. The minimum absolute atomic E-state index is 0.197. The number of benzene rings is 1. The number of nitrogens with zero attached hydrogens (tertiary/aromatic N) is 1. The number of hydrogen-bond donors (Lipinski definition) is 2. The Kier molecular flexibility index (Phi) is 3.91. The van der Waals surface area contributed by atoms with Crippen LogP contribution < -0.4 is 10.7 Å². The Morgan fingerprint density at radius 1 is 1.65 bits per heavy atom. The average Bonchev–Trinajstić information content (AvgIpc) is 2.77. The minimum Gasteiger partial charge on any atom is -0.300 e. The molecule has 6 heteroatoms. The molecule has 2 rings (SSSR count). The van der Waals surface area contributed by atoms with Crippen LogP contribution in [-0.2, 0) is 0 Å². The lowest BCUT2D eigenvalue weighted by atomic mass is 10.2. The fourth-order valence-electron chi connectivity index (χ4n) is 1.35. The molecule has 0 saturated carbocycles. The van der Waals surface area contributed by atoms with E-state index in [0.717, 1.165) is 6.42 Å². The van der Waals surface area contributed by atoms with Gasteiger partial charge in [0, 0.05) is 10.6 Å². The van der Waals surface area contributed by atoms with Crippen molar-refractivity contribution in [3.63, 3.8) is 0 Å². The van der Waals surface area contributed by atoms with Gasteiger partial charge in [0.1, 0.15) is 0 Å². The van der Waals surface area contributed by atoms with Gasteiger partial charge in [0.05, 0.1) is 5.37 Å². The quantitative estimate of drug-likeness (QED) is 0.867. The van der Waals surface area contributed by atoms with E-state index in [2.05, 4.69) is 22.8 Å². The van der Waals surface area contributed by atoms with Crippen LogP contribution in [0.15, 0.2) is 29.4 Å². The summed E-state index contributed by atoms with van der Waals surface area (Å²) >= 11 is 7.34. The molecule has 2 N–H and O–H groups in total. The predicted molar refractivity (Wildman–Crippen MR) is 71.2 cm³/mol. The first kappa shape index (κ1) is 12.3. The van der Waals surface area contributed by atoms with Crippen molar-refractivity contribution in [2.45, 2.75) is 18.7 Å². The van der Waals surface area contributed by atoms with E-state index in [0.29, 0.717) is 15.8 Å². The molecule has 0 aromatic heterocycles. The summed E-state index contributed by atoms with van der Waals surface area (Å²) in [6.07, 6.45) is 0.949. The number of nitrogens with one attached hydrogen (secondary N) is 2. The van der Waals surface area contributed by atoms with E-state index >= 15 is 0 Å². The Morgan fingerprint density at radius 2 is 2.47 bits per heavy atom. The van der Waals surface area contributed by atoms with Gasteiger partial charge in [-0.15, -0.1) is 0 Å². The zero-order chi connectivity index (χ0) is 12.3. The Bertz CT molecular complexity index is 464. The SMILES string of the molecule is CCC1NN=C(NC(=O)c2cccc(Cl)c2)S1. The Labute approximate surface area is 109 Å². The van der Waals surface area contributed by atoms with Crippen molar-refractivity contribution in [3.8, 4) is 0 Å². The van der Waals surface area contributed by atoms with Crippen LogP contribution in [0.5, 0.6) is 0 Å². The van der Waals surface area contributed by atoms with E-state index in [9.17, 15) is 4.79 Å². The number of halogens is 1. The second-order valence-corrected chi connectivity index (χ2v) is 5.15. The third-order valence-electron chi connectivity index (χ3n) is 2.24. The smallest absolute Gasteiger partial charge is 0.257 e. The highest BCUT2D eigenvalue weighted by Crippen LogP contribution is 2.18. The van der Waals surface area contributed by atoms with Crippen LogP contribution in [0.4, 0.5) is 0 Å². The van der Waals surface area contributed by atoms with Crippen LogP contribution in [0.3, 0.4) is 0 Å². The molecule has 1 heterocycles. The van der Waals surface area contributed by atoms with Gasteiger partial charge >= 0.3 is 0 Å². The van der Waals surface area contributed by atoms with Gasteiger partial charge in [-0.1, -0.05) is 36.4 Å². The van der Waals surface area contributed by atoms with E-state index in [1.165, 1.54) is 11.8 Å². The lowest BCUT2D eigenvalue weighted by Crippen LogP contribution is -2.27. The molecule has 90 valence electrons. The summed E-state index contributed by atoms with van der Waals surface area (Å²) < 4.78 is 0. The fraction of sp³-hybridized carbons (Fsp3) is 0.273. The summed E-state index contributed by atoms with van der Waals surface area (Å²) in [5, 5.41) is 8.16. The first-order valence-electron chi connectivity index (χ1n) is 5.26. The monoisotopic (exact) mass is 269 g/mol. The number of rotatable bonds is 2. The maximum atomic E-state index is 11.9. The van der Waals surface area contributed by atoms with Gasteiger partial charge in [0.2, 0.25) is 0 Å². The van der Waals surface area contributed by atoms with Gasteiger partial charge in [-0.2, -0.15) is 5.10 Å². The zero-order valence-electron chi connectivity index (χ0n) is 9.24. The van der Waals surface area contributed by atoms with Crippen molar-refractivity contribution in [1.29, 1.82) is 0 Å². The summed E-state index contributed by atoms with van der Waals surface area (Å²) in [5.41, 5.74) is 3.46. The summed E-state index contributed by atoms with van der Waals surface area (Å²) in [7, 11) is 0. The van der Waals surface area contributed by atoms with Crippen molar-refractivity contribution < 1.29 is 4.79 Å². The number of hydrogen-bond acceptors (Lipinski definition) is 4. The first-order chi connectivity index (χ1) is 8.19. The van der Waals surface area contributed by atoms with Crippen molar-refractivity contribution >= 4 is 34.4 Å². The first-order valence-corrected chi connectivity index (χ1v) is 6.51. The van der Waals surface area contributed by atoms with Crippen LogP contribution in [0.25, 0.3) is 0 Å². The number of thioether (sulfide) groups is 1. The molecule has 1 aliphatic heterocycles. The summed E-state index contributed by atoms with van der Waals surface area (Å²) in [5.74, 6) is -0.197. The highest BCUT2D eigenvalue weighted by molar-refractivity contribution is 8.14. The molecule has 1 aromatic rings. The number of carbonyl (C=O) groups is 1. The largest absolute Gasteiger partial charge is 0.300 e. The van der Waals surface area contributed by atoms with Crippen molar-refractivity contribution in [1.82, 2.24) is 10.7 Å². The molecule has 0 fully saturated rings. The molecule has 0 saturated heterocycles. The van der Waals surface area contributed by atoms with E-state index in [1.807, 2.05) is 0 Å². The molecule has 1 atom stereocenters. The second-order valence-electron chi connectivity index (χ2n) is 3.53. The zero-order valence-corrected chi connectivity index (χ0v) is 10.8. The maximum absolute atomic E-state index is 11.9. The molecule has 1 aromatic carbocycles. The van der Waals surface area contributed by atoms with Gasteiger partial charge in [0.25, 0.3) is 5.91 Å². The Morgan fingerprint density at radius 3 is 3.12 bits per heavy atom. The molecule has 17 heavy (non-hydrogen) atoms. The summed E-state index contributed by atoms with van der Waals surface area (Å²) in [4.78, 5) is 11.9. The van der Waals surface area contributed by atoms with Crippen LogP contribution in [0.1, 0.15) is 23.7 Å². The van der Waals surface area contributed by atoms with E-state index < -0.39 is 0 Å². The number of hydrazone groups is 1.